The van der Waals surface area contributed by atoms with Crippen molar-refractivity contribution in [3.05, 3.63) is 126 Å². The van der Waals surface area contributed by atoms with Crippen molar-refractivity contribution < 1.29 is 4.57 Å². The predicted molar refractivity (Wildman–Crippen MR) is 265 cm³/mol. The number of benzene rings is 2. The molecule has 1 unspecified atom stereocenters. The van der Waals surface area contributed by atoms with Gasteiger partial charge in [0.1, 0.15) is 0 Å². The van der Waals surface area contributed by atoms with E-state index in [9.17, 15) is 0 Å². The molecule has 0 radical (unpaired) electrons. The van der Waals surface area contributed by atoms with Crippen molar-refractivity contribution in [3.63, 3.8) is 0 Å². The van der Waals surface area contributed by atoms with Crippen molar-refractivity contribution >= 4 is 23.1 Å². The summed E-state index contributed by atoms with van der Waals surface area (Å²) in [6, 6.07) is 24.3. The molecule has 3 aromatic rings. The van der Waals surface area contributed by atoms with Crippen LogP contribution < -0.4 is 4.57 Å². The number of aromatic nitrogens is 1. The lowest BCUT2D eigenvalue weighted by Crippen LogP contribution is -2.32. The summed E-state index contributed by atoms with van der Waals surface area (Å²) >= 11 is 0. The van der Waals surface area contributed by atoms with Crippen LogP contribution in [0.15, 0.2) is 109 Å². The third-order valence-corrected chi connectivity index (χ3v) is 9.81. The van der Waals surface area contributed by atoms with Crippen LogP contribution in [0.3, 0.4) is 0 Å². The molecule has 0 spiro atoms. The molecule has 1 heterocycles. The summed E-state index contributed by atoms with van der Waals surface area (Å²) in [6.45, 7) is 2.29. The van der Waals surface area contributed by atoms with Crippen LogP contribution in [-0.2, 0) is 0 Å². The molecule has 1 aromatic heterocycles. The minimum Gasteiger partial charge on any atom is -0.106 e. The van der Waals surface area contributed by atoms with Crippen molar-refractivity contribution in [2.75, 3.05) is 0 Å². The SMILES string of the molecule is C#CC#CC#CC#CC#CC#CC#CC#CC#CC#CC#C[n+]1c(/C=C/C=C/C=C/C=C2\C=Cc3ccccc3C2CCCCCCCCCCCCCC)ccc2ccccc21. The van der Waals surface area contributed by atoms with Gasteiger partial charge in [-0.1, -0.05) is 169 Å². The minimum atomic E-state index is 0.433. The van der Waals surface area contributed by atoms with Crippen molar-refractivity contribution in [3.8, 4) is 131 Å². The van der Waals surface area contributed by atoms with E-state index in [2.05, 4.69) is 210 Å². The number of terminal acetylenes is 1. The van der Waals surface area contributed by atoms with Gasteiger partial charge in [-0.3, -0.25) is 0 Å². The number of nitrogens with zero attached hydrogens (tertiary/aromatic N) is 1. The van der Waals surface area contributed by atoms with E-state index < -0.39 is 0 Å². The quantitative estimate of drug-likeness (QED) is 0.0554. The number of hydrogen-bond acceptors (Lipinski definition) is 0. The van der Waals surface area contributed by atoms with Crippen LogP contribution in [-0.4, -0.2) is 0 Å². The van der Waals surface area contributed by atoms with Gasteiger partial charge in [-0.05, 0) is 82.6 Å². The summed E-state index contributed by atoms with van der Waals surface area (Å²) in [5.41, 5.74) is 6.09. The van der Waals surface area contributed by atoms with Gasteiger partial charge in [0.2, 0.25) is 17.3 Å². The first-order valence-corrected chi connectivity index (χ1v) is 21.7. The average molecular weight is 809 g/mol. The van der Waals surface area contributed by atoms with E-state index in [4.69, 9.17) is 6.42 Å². The summed E-state index contributed by atoms with van der Waals surface area (Å²) in [5.74, 6) is 51.8. The van der Waals surface area contributed by atoms with Gasteiger partial charge in [-0.2, -0.15) is 0 Å². The molecule has 2 aromatic carbocycles. The molecular formula is C62H50N+. The number of pyridine rings is 1. The van der Waals surface area contributed by atoms with E-state index in [1.54, 1.807) is 0 Å². The Hall–Kier alpha value is -8.29. The second-order valence-corrected chi connectivity index (χ2v) is 14.3. The molecule has 0 N–H and O–H groups in total. The van der Waals surface area contributed by atoms with E-state index >= 15 is 0 Å². The first-order chi connectivity index (χ1) is 31.3. The Balaban J connectivity index is 1.31. The second-order valence-electron chi connectivity index (χ2n) is 14.3. The fourth-order valence-electron chi connectivity index (χ4n) is 6.79. The molecule has 0 bridgehead atoms. The molecule has 4 rings (SSSR count). The highest BCUT2D eigenvalue weighted by atomic mass is 14.9. The first kappa shape index (κ1) is 47.4. The molecule has 0 amide bonds. The van der Waals surface area contributed by atoms with Crippen molar-refractivity contribution in [1.29, 1.82) is 0 Å². The van der Waals surface area contributed by atoms with Gasteiger partial charge in [0.25, 0.3) is 0 Å². The molecule has 1 nitrogen and oxygen atoms in total. The third kappa shape index (κ3) is 19.5. The van der Waals surface area contributed by atoms with Crippen LogP contribution in [0.4, 0.5) is 0 Å². The number of fused-ring (bicyclic) bond motifs is 2. The lowest BCUT2D eigenvalue weighted by molar-refractivity contribution is -0.556. The van der Waals surface area contributed by atoms with E-state index in [-0.39, 0.29) is 0 Å². The Morgan fingerprint density at radius 3 is 1.62 bits per heavy atom. The average Bonchev–Trinajstić information content (AvgIpc) is 3.31. The lowest BCUT2D eigenvalue weighted by Gasteiger charge is -2.24. The smallest absolute Gasteiger partial charge is 0.106 e. The molecule has 1 atom stereocenters. The number of allylic oxidation sites excluding steroid dienone is 8. The number of unbranched alkanes of at least 4 members (excludes halogenated alkanes) is 11. The van der Waals surface area contributed by atoms with Gasteiger partial charge in [0.15, 0.2) is 0 Å². The molecule has 0 fully saturated rings. The zero-order valence-corrected chi connectivity index (χ0v) is 36.3. The number of rotatable bonds is 17. The maximum absolute atomic E-state index is 4.99. The van der Waals surface area contributed by atoms with E-state index in [0.29, 0.717) is 5.92 Å². The highest BCUT2D eigenvalue weighted by Gasteiger charge is 2.20. The topological polar surface area (TPSA) is 3.88 Å². The Kier molecular flexibility index (Phi) is 23.8. The number of para-hydroxylation sites is 1. The summed E-state index contributed by atoms with van der Waals surface area (Å²) in [4.78, 5) is 0. The lowest BCUT2D eigenvalue weighted by atomic mass is 9.80. The standard InChI is InChI=1S/C62H50N/c1-3-5-7-9-11-13-15-17-18-19-20-21-22-23-24-26-28-30-35-43-55-63-59(54-53-58-46-40-42-50-62(58)63)47-37-33-31-32-36-44-56-51-52-57-45-39-41-49-61(57)60(56)48-38-34-29-27-25-16-14-12-10-8-6-4-2/h1,31-33,36-37,39-42,44-47,49-54,60H,4,6,8,10,12,14,16,25,27,29,34,38,48H2,2H3/q+1/b33-31+,36-32+,47-37+,56-44+. The largest absolute Gasteiger partial charge is 0.244 e. The van der Waals surface area contributed by atoms with Crippen LogP contribution in [0.25, 0.3) is 23.1 Å². The van der Waals surface area contributed by atoms with Gasteiger partial charge in [0.05, 0.1) is 5.92 Å². The zero-order chi connectivity index (χ0) is 44.1. The molecule has 1 aliphatic carbocycles. The van der Waals surface area contributed by atoms with E-state index in [0.717, 1.165) is 16.6 Å². The molecular weight excluding hydrogens is 759 g/mol. The Labute approximate surface area is 378 Å². The normalized spacial score (nSPS) is 12.0. The van der Waals surface area contributed by atoms with Gasteiger partial charge in [-0.15, -0.1) is 11.0 Å². The summed E-state index contributed by atoms with van der Waals surface area (Å²) < 4.78 is 1.94. The second kappa shape index (κ2) is 31.6. The zero-order valence-electron chi connectivity index (χ0n) is 36.3. The maximum atomic E-state index is 4.99. The Morgan fingerprint density at radius 1 is 0.492 bits per heavy atom. The molecule has 0 saturated carbocycles. The van der Waals surface area contributed by atoms with E-state index in [1.165, 1.54) is 100 Å². The number of hydrogen-bond donors (Lipinski definition) is 0. The highest BCUT2D eigenvalue weighted by molar-refractivity contribution is 5.76. The fourth-order valence-corrected chi connectivity index (χ4v) is 6.79. The fraction of sp³-hybridized carbons (Fsp3) is 0.242. The van der Waals surface area contributed by atoms with Crippen LogP contribution in [0.1, 0.15) is 113 Å². The van der Waals surface area contributed by atoms with Crippen LogP contribution in [0.5, 0.6) is 0 Å². The van der Waals surface area contributed by atoms with Crippen molar-refractivity contribution in [1.82, 2.24) is 0 Å². The van der Waals surface area contributed by atoms with Crippen molar-refractivity contribution in [2.24, 2.45) is 0 Å². The minimum absolute atomic E-state index is 0.433. The Bertz CT molecular complexity index is 2900. The van der Waals surface area contributed by atoms with Gasteiger partial charge >= 0.3 is 0 Å². The molecule has 1 heteroatoms. The molecule has 0 saturated heterocycles. The molecule has 1 aliphatic rings. The van der Waals surface area contributed by atoms with Gasteiger partial charge < -0.3 is 0 Å². The maximum Gasteiger partial charge on any atom is 0.244 e. The predicted octanol–water partition coefficient (Wildman–Crippen LogP) is 11.6. The monoisotopic (exact) mass is 808 g/mol. The first-order valence-electron chi connectivity index (χ1n) is 21.7. The molecule has 0 aliphatic heterocycles. The summed E-state index contributed by atoms with van der Waals surface area (Å²) in [7, 11) is 0. The van der Waals surface area contributed by atoms with Crippen LogP contribution >= 0.6 is 0 Å². The van der Waals surface area contributed by atoms with Crippen LogP contribution in [0, 0.1) is 131 Å². The third-order valence-electron chi connectivity index (χ3n) is 9.81. The van der Waals surface area contributed by atoms with Gasteiger partial charge in [-0.25, -0.2) is 0 Å². The summed E-state index contributed by atoms with van der Waals surface area (Å²) in [6.07, 6.45) is 41.9. The van der Waals surface area contributed by atoms with E-state index in [1.807, 2.05) is 41.0 Å². The molecule has 63 heavy (non-hydrogen) atoms. The van der Waals surface area contributed by atoms with Crippen molar-refractivity contribution in [2.45, 2.75) is 96.3 Å². The summed E-state index contributed by atoms with van der Waals surface area (Å²) in [5, 5.41) is 1.08. The molecule has 302 valence electrons. The highest BCUT2D eigenvalue weighted by Crippen LogP contribution is 2.37. The van der Waals surface area contributed by atoms with Crippen LogP contribution in [0.2, 0.25) is 0 Å². The van der Waals surface area contributed by atoms with Gasteiger partial charge in [0, 0.05) is 94.6 Å². The Morgan fingerprint density at radius 2 is 1.00 bits per heavy atom.